The number of anilines is 1. The molecule has 0 aliphatic carbocycles. The molecule has 7 nitrogen and oxygen atoms in total. The fourth-order valence-electron chi connectivity index (χ4n) is 3.30. The van der Waals surface area contributed by atoms with Crippen molar-refractivity contribution < 1.29 is 39.9 Å². The van der Waals surface area contributed by atoms with Gasteiger partial charge in [0, 0.05) is 26.2 Å². The van der Waals surface area contributed by atoms with Crippen LogP contribution >= 0.6 is 0 Å². The van der Waals surface area contributed by atoms with Crippen LogP contribution in [-0.4, -0.2) is 62.1 Å². The highest BCUT2D eigenvalue weighted by molar-refractivity contribution is 7.89. The zero-order chi connectivity index (χ0) is 24.4. The largest absolute Gasteiger partial charge is 0.573 e. The molecule has 1 unspecified atom stereocenters. The number of nitrogens with zero attached hydrogens (tertiary/aromatic N) is 2. The van der Waals surface area contributed by atoms with Crippen LogP contribution in [0.25, 0.3) is 0 Å². The lowest BCUT2D eigenvalue weighted by atomic mass is 10.2. The van der Waals surface area contributed by atoms with Crippen LogP contribution in [0.1, 0.15) is 6.92 Å². The summed E-state index contributed by atoms with van der Waals surface area (Å²) in [6.45, 7) is 1.85. The first-order valence-corrected chi connectivity index (χ1v) is 11.2. The van der Waals surface area contributed by atoms with Gasteiger partial charge in [-0.05, 0) is 43.3 Å². The van der Waals surface area contributed by atoms with Gasteiger partial charge in [0.05, 0.1) is 10.9 Å². The van der Waals surface area contributed by atoms with Crippen molar-refractivity contribution in [2.24, 2.45) is 0 Å². The van der Waals surface area contributed by atoms with Crippen LogP contribution in [0.4, 0.5) is 27.6 Å². The second kappa shape index (κ2) is 9.61. The summed E-state index contributed by atoms with van der Waals surface area (Å²) in [7, 11) is -3.98. The molecule has 1 saturated heterocycles. The number of hydrogen-bond donors (Lipinski definition) is 1. The van der Waals surface area contributed by atoms with Gasteiger partial charge in [-0.3, -0.25) is 9.69 Å². The Balaban J connectivity index is 1.61. The normalized spacial score (nSPS) is 16.9. The summed E-state index contributed by atoms with van der Waals surface area (Å²) in [5, 5.41) is 2.21. The minimum atomic E-state index is -4.89. The number of para-hydroxylation sites is 1. The minimum Gasteiger partial charge on any atom is -0.406 e. The van der Waals surface area contributed by atoms with Crippen molar-refractivity contribution in [2.45, 2.75) is 24.2 Å². The maximum absolute atomic E-state index is 13.8. The second-order valence-electron chi connectivity index (χ2n) is 7.22. The number of sulfonamides is 1. The van der Waals surface area contributed by atoms with Crippen LogP contribution < -0.4 is 10.1 Å². The Morgan fingerprint density at radius 1 is 1.00 bits per heavy atom. The number of alkyl halides is 3. The first-order valence-electron chi connectivity index (χ1n) is 9.73. The smallest absolute Gasteiger partial charge is 0.406 e. The molecular weight excluding hydrogens is 473 g/mol. The summed E-state index contributed by atoms with van der Waals surface area (Å²) >= 11 is 0. The molecule has 2 aromatic rings. The third-order valence-electron chi connectivity index (χ3n) is 5.11. The molecule has 13 heteroatoms. The van der Waals surface area contributed by atoms with Gasteiger partial charge >= 0.3 is 6.36 Å². The molecule has 1 atom stereocenters. The molecule has 0 bridgehead atoms. The van der Waals surface area contributed by atoms with Crippen molar-refractivity contribution in [3.8, 4) is 5.75 Å². The number of piperazine rings is 1. The Morgan fingerprint density at radius 2 is 1.55 bits per heavy atom. The van der Waals surface area contributed by atoms with E-state index in [0.717, 1.165) is 40.7 Å². The molecule has 1 N–H and O–H groups in total. The second-order valence-corrected chi connectivity index (χ2v) is 9.16. The number of hydrogen-bond acceptors (Lipinski definition) is 5. The first kappa shape index (κ1) is 24.9. The van der Waals surface area contributed by atoms with E-state index in [1.54, 1.807) is 4.90 Å². The number of ether oxygens (including phenoxy) is 1. The molecule has 33 heavy (non-hydrogen) atoms. The Labute approximate surface area is 186 Å². The quantitative estimate of drug-likeness (QED) is 0.626. The highest BCUT2D eigenvalue weighted by Crippen LogP contribution is 2.26. The maximum atomic E-state index is 13.8. The fraction of sp³-hybridized carbons (Fsp3) is 0.350. The summed E-state index contributed by atoms with van der Waals surface area (Å²) in [6, 6.07) is 6.23. The van der Waals surface area contributed by atoms with E-state index >= 15 is 0 Å². The Morgan fingerprint density at radius 3 is 2.06 bits per heavy atom. The number of carbonyl (C=O) groups is 1. The van der Waals surface area contributed by atoms with E-state index in [9.17, 15) is 35.2 Å². The van der Waals surface area contributed by atoms with Gasteiger partial charge < -0.3 is 10.1 Å². The molecule has 0 spiro atoms. The maximum Gasteiger partial charge on any atom is 0.573 e. The fourth-order valence-corrected chi connectivity index (χ4v) is 4.73. The summed E-state index contributed by atoms with van der Waals surface area (Å²) < 4.78 is 94.8. The lowest BCUT2D eigenvalue weighted by molar-refractivity contribution is -0.274. The van der Waals surface area contributed by atoms with Gasteiger partial charge in [-0.1, -0.05) is 6.07 Å². The Hall–Kier alpha value is -2.77. The summed E-state index contributed by atoms with van der Waals surface area (Å²) in [5.41, 5.74) is -0.562. The third-order valence-corrected chi connectivity index (χ3v) is 7.02. The van der Waals surface area contributed by atoms with Gasteiger partial charge in [-0.15, -0.1) is 13.2 Å². The van der Waals surface area contributed by atoms with Crippen LogP contribution in [-0.2, 0) is 14.8 Å². The molecule has 180 valence electrons. The van der Waals surface area contributed by atoms with E-state index in [2.05, 4.69) is 10.1 Å². The highest BCUT2D eigenvalue weighted by atomic mass is 32.2. The molecule has 1 amide bonds. The van der Waals surface area contributed by atoms with Crippen LogP contribution in [0.5, 0.6) is 5.75 Å². The molecule has 1 heterocycles. The standard InChI is InChI=1S/C20H20F5N3O4S/c1-13(19(29)26-18-16(21)3-2-4-17(18)22)27-9-11-28(12-10-27)33(30,31)15-7-5-14(6-8-15)32-20(23,24)25/h2-8,13H,9-12H2,1H3,(H,26,29). The van der Waals surface area contributed by atoms with Crippen LogP contribution in [0.3, 0.4) is 0 Å². The van der Waals surface area contributed by atoms with Crippen molar-refractivity contribution in [2.75, 3.05) is 31.5 Å². The van der Waals surface area contributed by atoms with Gasteiger partial charge in [0.1, 0.15) is 23.1 Å². The number of benzene rings is 2. The van der Waals surface area contributed by atoms with Crippen LogP contribution in [0, 0.1) is 11.6 Å². The van der Waals surface area contributed by atoms with E-state index < -0.39 is 51.4 Å². The van der Waals surface area contributed by atoms with Crippen molar-refractivity contribution in [1.29, 1.82) is 0 Å². The SMILES string of the molecule is CC(C(=O)Nc1c(F)cccc1F)N1CCN(S(=O)(=O)c2ccc(OC(F)(F)F)cc2)CC1. The van der Waals surface area contributed by atoms with E-state index in [1.807, 2.05) is 0 Å². The van der Waals surface area contributed by atoms with Crippen molar-refractivity contribution in [1.82, 2.24) is 9.21 Å². The zero-order valence-corrected chi connectivity index (χ0v) is 18.1. The predicted molar refractivity (Wildman–Crippen MR) is 108 cm³/mol. The van der Waals surface area contributed by atoms with Crippen molar-refractivity contribution >= 4 is 21.6 Å². The number of amides is 1. The van der Waals surface area contributed by atoms with Gasteiger partial charge in [0.2, 0.25) is 15.9 Å². The van der Waals surface area contributed by atoms with E-state index in [1.165, 1.54) is 13.0 Å². The molecule has 2 aromatic carbocycles. The van der Waals surface area contributed by atoms with Gasteiger partial charge in [0.15, 0.2) is 0 Å². The van der Waals surface area contributed by atoms with Gasteiger partial charge in [0.25, 0.3) is 0 Å². The topological polar surface area (TPSA) is 79.0 Å². The molecule has 1 aliphatic heterocycles. The molecule has 0 aromatic heterocycles. The van der Waals surface area contributed by atoms with Crippen molar-refractivity contribution in [3.63, 3.8) is 0 Å². The van der Waals surface area contributed by atoms with Gasteiger partial charge in [-0.25, -0.2) is 17.2 Å². The summed E-state index contributed by atoms with van der Waals surface area (Å²) in [4.78, 5) is 13.9. The molecule has 0 radical (unpaired) electrons. The first-order chi connectivity index (χ1) is 15.4. The Bertz CT molecular complexity index is 1080. The lowest BCUT2D eigenvalue weighted by Crippen LogP contribution is -2.54. The lowest BCUT2D eigenvalue weighted by Gasteiger charge is -2.36. The van der Waals surface area contributed by atoms with Gasteiger partial charge in [-0.2, -0.15) is 4.31 Å². The third kappa shape index (κ3) is 5.97. The minimum absolute atomic E-state index is 0.00875. The number of rotatable bonds is 6. The zero-order valence-electron chi connectivity index (χ0n) is 17.3. The molecule has 3 rings (SSSR count). The average molecular weight is 493 g/mol. The van der Waals surface area contributed by atoms with Crippen molar-refractivity contribution in [3.05, 3.63) is 54.1 Å². The number of carbonyl (C=O) groups excluding carboxylic acids is 1. The number of halogens is 5. The average Bonchev–Trinajstić information content (AvgIpc) is 2.75. The number of nitrogens with one attached hydrogen (secondary N) is 1. The molecule has 0 saturated carbocycles. The van der Waals surface area contributed by atoms with Crippen LogP contribution in [0.15, 0.2) is 47.4 Å². The summed E-state index contributed by atoms with van der Waals surface area (Å²) in [6.07, 6.45) is -4.89. The molecular formula is C20H20F5N3O4S. The van der Waals surface area contributed by atoms with E-state index in [4.69, 9.17) is 0 Å². The Kier molecular flexibility index (Phi) is 7.24. The molecule has 1 aliphatic rings. The van der Waals surface area contributed by atoms with E-state index in [0.29, 0.717) is 0 Å². The highest BCUT2D eigenvalue weighted by Gasteiger charge is 2.33. The van der Waals surface area contributed by atoms with Crippen LogP contribution in [0.2, 0.25) is 0 Å². The summed E-state index contributed by atoms with van der Waals surface area (Å²) in [5.74, 6) is -3.04. The monoisotopic (exact) mass is 493 g/mol. The predicted octanol–water partition coefficient (Wildman–Crippen LogP) is 3.20. The van der Waals surface area contributed by atoms with E-state index in [-0.39, 0.29) is 31.1 Å². The molecule has 1 fully saturated rings.